The summed E-state index contributed by atoms with van der Waals surface area (Å²) in [4.78, 5) is 47.6. The summed E-state index contributed by atoms with van der Waals surface area (Å²) in [6, 6.07) is 13.4. The van der Waals surface area contributed by atoms with Crippen molar-refractivity contribution >= 4 is 29.3 Å². The van der Waals surface area contributed by atoms with E-state index in [0.717, 1.165) is 5.56 Å². The van der Waals surface area contributed by atoms with Crippen LogP contribution in [0.15, 0.2) is 48.5 Å². The molecule has 28 heavy (non-hydrogen) atoms. The number of carbonyl (C=O) groups excluding carboxylic acids is 4. The molecule has 0 spiro atoms. The number of ether oxygens (including phenoxy) is 1. The molecule has 2 amide bonds. The molecule has 2 rings (SSSR count). The van der Waals surface area contributed by atoms with Crippen LogP contribution >= 0.6 is 0 Å². The van der Waals surface area contributed by atoms with Crippen molar-refractivity contribution in [1.82, 2.24) is 5.32 Å². The predicted molar refractivity (Wildman–Crippen MR) is 104 cm³/mol. The zero-order chi connectivity index (χ0) is 20.7. The molecule has 0 heterocycles. The second kappa shape index (κ2) is 9.45. The molecule has 0 fully saturated rings. The first-order chi connectivity index (χ1) is 13.3. The average molecular weight is 382 g/mol. The van der Waals surface area contributed by atoms with E-state index in [2.05, 4.69) is 10.6 Å². The molecule has 0 aliphatic rings. The highest BCUT2D eigenvalue weighted by molar-refractivity contribution is 5.99. The van der Waals surface area contributed by atoms with E-state index < -0.39 is 23.9 Å². The highest BCUT2D eigenvalue weighted by atomic mass is 16.5. The third kappa shape index (κ3) is 5.77. The van der Waals surface area contributed by atoms with Crippen molar-refractivity contribution in [2.45, 2.75) is 26.9 Å². The van der Waals surface area contributed by atoms with E-state index in [1.807, 2.05) is 6.07 Å². The number of carbonyl (C=O) groups is 4. The second-order valence-corrected chi connectivity index (χ2v) is 6.26. The zero-order valence-electron chi connectivity index (χ0n) is 15.9. The first-order valence-electron chi connectivity index (χ1n) is 8.73. The summed E-state index contributed by atoms with van der Waals surface area (Å²) in [7, 11) is 0. The molecule has 2 N–H and O–H groups in total. The van der Waals surface area contributed by atoms with Crippen molar-refractivity contribution in [3.05, 3.63) is 65.2 Å². The molecule has 2 aromatic rings. The molecule has 1 unspecified atom stereocenters. The van der Waals surface area contributed by atoms with Crippen LogP contribution in [0.2, 0.25) is 0 Å². The second-order valence-electron chi connectivity index (χ2n) is 6.26. The maximum absolute atomic E-state index is 12.2. The molecule has 0 saturated heterocycles. The highest BCUT2D eigenvalue weighted by Crippen LogP contribution is 2.12. The summed E-state index contributed by atoms with van der Waals surface area (Å²) in [5.41, 5.74) is 2.13. The fraction of sp³-hybridized carbons (Fsp3) is 0.238. The molecule has 146 valence electrons. The van der Waals surface area contributed by atoms with Crippen LogP contribution in [-0.2, 0) is 14.3 Å². The summed E-state index contributed by atoms with van der Waals surface area (Å²) in [5.74, 6) is -1.80. The van der Waals surface area contributed by atoms with Crippen molar-refractivity contribution < 1.29 is 23.9 Å². The summed E-state index contributed by atoms with van der Waals surface area (Å²) >= 11 is 0. The van der Waals surface area contributed by atoms with E-state index in [-0.39, 0.29) is 12.3 Å². The molecular formula is C21H22N2O5. The number of anilines is 1. The van der Waals surface area contributed by atoms with E-state index in [9.17, 15) is 19.2 Å². The van der Waals surface area contributed by atoms with Gasteiger partial charge in [0.2, 0.25) is 0 Å². The van der Waals surface area contributed by atoms with Gasteiger partial charge in [0.15, 0.2) is 11.9 Å². The Morgan fingerprint density at radius 2 is 1.75 bits per heavy atom. The topological polar surface area (TPSA) is 102 Å². The Bertz CT molecular complexity index is 907. The van der Waals surface area contributed by atoms with Crippen molar-refractivity contribution in [3.63, 3.8) is 0 Å². The Hall–Kier alpha value is -3.48. The van der Waals surface area contributed by atoms with Gasteiger partial charge in [-0.25, -0.2) is 0 Å². The average Bonchev–Trinajstić information content (AvgIpc) is 2.66. The maximum atomic E-state index is 12.2. The van der Waals surface area contributed by atoms with E-state index in [1.165, 1.54) is 19.9 Å². The van der Waals surface area contributed by atoms with Gasteiger partial charge in [0.25, 0.3) is 11.8 Å². The number of ketones is 1. The van der Waals surface area contributed by atoms with Crippen LogP contribution in [0.3, 0.4) is 0 Å². The van der Waals surface area contributed by atoms with Crippen LogP contribution in [0, 0.1) is 6.92 Å². The van der Waals surface area contributed by atoms with Gasteiger partial charge < -0.3 is 15.4 Å². The monoisotopic (exact) mass is 382 g/mol. The van der Waals surface area contributed by atoms with E-state index in [4.69, 9.17) is 4.74 Å². The number of aryl methyl sites for hydroxylation is 1. The quantitative estimate of drug-likeness (QED) is 0.566. The number of hydrogen-bond acceptors (Lipinski definition) is 5. The minimum absolute atomic E-state index is 0.125. The number of benzene rings is 2. The Morgan fingerprint density at radius 3 is 2.43 bits per heavy atom. The molecule has 1 atom stereocenters. The Balaban J connectivity index is 1.85. The fourth-order valence-corrected chi connectivity index (χ4v) is 2.43. The molecule has 0 radical (unpaired) electrons. The van der Waals surface area contributed by atoms with Crippen molar-refractivity contribution in [2.75, 3.05) is 11.9 Å². The van der Waals surface area contributed by atoms with Gasteiger partial charge in [-0.2, -0.15) is 0 Å². The molecule has 7 heteroatoms. The molecule has 0 saturated carbocycles. The molecule has 2 aromatic carbocycles. The van der Waals surface area contributed by atoms with Crippen molar-refractivity contribution in [2.24, 2.45) is 0 Å². The van der Waals surface area contributed by atoms with Crippen LogP contribution < -0.4 is 10.6 Å². The Labute approximate surface area is 163 Å². The molecule has 0 aliphatic heterocycles. The van der Waals surface area contributed by atoms with Crippen LogP contribution in [-0.4, -0.2) is 36.2 Å². The Morgan fingerprint density at radius 1 is 1.04 bits per heavy atom. The first-order valence-corrected chi connectivity index (χ1v) is 8.73. The van der Waals surface area contributed by atoms with E-state index >= 15 is 0 Å². The number of rotatable bonds is 7. The summed E-state index contributed by atoms with van der Waals surface area (Å²) in [6.45, 7) is 4.28. The van der Waals surface area contributed by atoms with Crippen molar-refractivity contribution in [1.29, 1.82) is 0 Å². The molecule has 0 aromatic heterocycles. The lowest BCUT2D eigenvalue weighted by atomic mass is 10.1. The highest BCUT2D eigenvalue weighted by Gasteiger charge is 2.19. The molecule has 0 bridgehead atoms. The normalized spacial score (nSPS) is 11.2. The lowest BCUT2D eigenvalue weighted by Gasteiger charge is -2.14. The number of esters is 1. The van der Waals surface area contributed by atoms with Gasteiger partial charge in [-0.3, -0.25) is 19.2 Å². The van der Waals surface area contributed by atoms with Crippen LogP contribution in [0.1, 0.15) is 40.1 Å². The maximum Gasteiger partial charge on any atom is 0.326 e. The number of amides is 2. The third-order valence-electron chi connectivity index (χ3n) is 4.00. The van der Waals surface area contributed by atoms with Gasteiger partial charge >= 0.3 is 5.97 Å². The summed E-state index contributed by atoms with van der Waals surface area (Å²) < 4.78 is 5.05. The van der Waals surface area contributed by atoms with E-state index in [1.54, 1.807) is 43.3 Å². The van der Waals surface area contributed by atoms with Gasteiger partial charge in [0.1, 0.15) is 6.54 Å². The number of hydrogen-bond donors (Lipinski definition) is 2. The first kappa shape index (κ1) is 20.8. The van der Waals surface area contributed by atoms with Gasteiger partial charge in [-0.15, -0.1) is 0 Å². The van der Waals surface area contributed by atoms with Crippen LogP contribution in [0.4, 0.5) is 5.69 Å². The van der Waals surface area contributed by atoms with Crippen molar-refractivity contribution in [3.8, 4) is 0 Å². The van der Waals surface area contributed by atoms with E-state index in [0.29, 0.717) is 16.8 Å². The lowest BCUT2D eigenvalue weighted by molar-refractivity contribution is -0.152. The third-order valence-corrected chi connectivity index (χ3v) is 4.00. The molecule has 0 aliphatic carbocycles. The number of Topliss-reactive ketones (excluding diaryl/α,β-unsaturated/α-hetero) is 1. The van der Waals surface area contributed by atoms with Gasteiger partial charge in [0, 0.05) is 16.8 Å². The standard InChI is InChI=1S/C21H22N2O5/c1-13-7-4-5-10-18(13)21(27)22-12-19(25)28-15(3)20(26)23-17-9-6-8-16(11-17)14(2)24/h4-11,15H,12H2,1-3H3,(H,22,27)(H,23,26). The smallest absolute Gasteiger partial charge is 0.326 e. The zero-order valence-corrected chi connectivity index (χ0v) is 15.9. The van der Waals surface area contributed by atoms with Gasteiger partial charge in [0.05, 0.1) is 0 Å². The minimum Gasteiger partial charge on any atom is -0.451 e. The predicted octanol–water partition coefficient (Wildman–Crippen LogP) is 2.50. The minimum atomic E-state index is -1.07. The fourth-order valence-electron chi connectivity index (χ4n) is 2.43. The van der Waals surface area contributed by atoms with Gasteiger partial charge in [-0.05, 0) is 44.5 Å². The van der Waals surface area contributed by atoms with Crippen LogP contribution in [0.5, 0.6) is 0 Å². The lowest BCUT2D eigenvalue weighted by Crippen LogP contribution is -2.36. The molecule has 7 nitrogen and oxygen atoms in total. The summed E-state index contributed by atoms with van der Waals surface area (Å²) in [5, 5.41) is 5.06. The SMILES string of the molecule is CC(=O)c1cccc(NC(=O)C(C)OC(=O)CNC(=O)c2ccccc2C)c1. The molecular weight excluding hydrogens is 360 g/mol. The summed E-state index contributed by atoms with van der Waals surface area (Å²) in [6.07, 6.45) is -1.07. The Kier molecular flexibility index (Phi) is 7.03. The van der Waals surface area contributed by atoms with Gasteiger partial charge in [-0.1, -0.05) is 30.3 Å². The number of nitrogens with one attached hydrogen (secondary N) is 2. The van der Waals surface area contributed by atoms with Crippen LogP contribution in [0.25, 0.3) is 0 Å². The largest absolute Gasteiger partial charge is 0.451 e.